The molecule has 2 aromatic carbocycles. The number of ether oxygens (including phenoxy) is 1. The average Bonchev–Trinajstić information content (AvgIpc) is 2.60. The van der Waals surface area contributed by atoms with Crippen molar-refractivity contribution in [1.82, 2.24) is 4.90 Å². The number of nitrogens with zero attached hydrogens (tertiary/aromatic N) is 2. The van der Waals surface area contributed by atoms with Crippen LogP contribution in [0.3, 0.4) is 0 Å². The lowest BCUT2D eigenvalue weighted by Crippen LogP contribution is -2.37. The molecule has 3 rings (SSSR count). The lowest BCUT2D eigenvalue weighted by molar-refractivity contribution is 0.0600. The first-order valence-electron chi connectivity index (χ1n) is 7.94. The van der Waals surface area contributed by atoms with Crippen LogP contribution in [0.25, 0.3) is 0 Å². The number of hydrogen-bond acceptors (Lipinski definition) is 5. The number of fused-ring (bicyclic) bond motifs is 2. The summed E-state index contributed by atoms with van der Waals surface area (Å²) in [6, 6.07) is 14.6. The van der Waals surface area contributed by atoms with Gasteiger partial charge in [-0.1, -0.05) is 23.9 Å². The van der Waals surface area contributed by atoms with E-state index in [9.17, 15) is 4.79 Å². The van der Waals surface area contributed by atoms with Crippen molar-refractivity contribution in [3.8, 4) is 0 Å². The van der Waals surface area contributed by atoms with E-state index in [2.05, 4.69) is 55.1 Å². The molecule has 4 nitrogen and oxygen atoms in total. The quantitative estimate of drug-likeness (QED) is 0.784. The third-order valence-electron chi connectivity index (χ3n) is 4.38. The molecule has 1 heterocycles. The third-order valence-corrected chi connectivity index (χ3v) is 5.49. The van der Waals surface area contributed by atoms with Crippen molar-refractivity contribution in [2.75, 3.05) is 32.6 Å². The second kappa shape index (κ2) is 6.87. The summed E-state index contributed by atoms with van der Waals surface area (Å²) in [5.41, 5.74) is 2.94. The van der Waals surface area contributed by atoms with Gasteiger partial charge in [-0.15, -0.1) is 0 Å². The molecule has 1 aliphatic rings. The van der Waals surface area contributed by atoms with Crippen molar-refractivity contribution in [3.63, 3.8) is 0 Å². The number of likely N-dealkylation sites (N-methyl/N-ethyl adjacent to an activating group) is 1. The van der Waals surface area contributed by atoms with Gasteiger partial charge in [0.1, 0.15) is 0 Å². The third kappa shape index (κ3) is 3.14. The van der Waals surface area contributed by atoms with Crippen LogP contribution in [0, 0.1) is 0 Å². The van der Waals surface area contributed by atoms with Crippen LogP contribution >= 0.6 is 11.8 Å². The van der Waals surface area contributed by atoms with E-state index in [0.29, 0.717) is 11.6 Å². The minimum absolute atomic E-state index is 0.300. The Kier molecular flexibility index (Phi) is 4.83. The van der Waals surface area contributed by atoms with Gasteiger partial charge in [-0.05, 0) is 51.4 Å². The monoisotopic (exact) mass is 342 g/mol. The van der Waals surface area contributed by atoms with Crippen LogP contribution in [-0.2, 0) is 4.74 Å². The van der Waals surface area contributed by atoms with E-state index in [1.807, 2.05) is 18.2 Å². The number of benzene rings is 2. The highest BCUT2D eigenvalue weighted by atomic mass is 32.2. The van der Waals surface area contributed by atoms with Gasteiger partial charge in [-0.25, -0.2) is 4.79 Å². The molecule has 0 bridgehead atoms. The van der Waals surface area contributed by atoms with Crippen molar-refractivity contribution in [2.45, 2.75) is 22.8 Å². The molecule has 0 fully saturated rings. The zero-order valence-corrected chi connectivity index (χ0v) is 15.3. The van der Waals surface area contributed by atoms with Crippen LogP contribution in [0.4, 0.5) is 11.4 Å². The van der Waals surface area contributed by atoms with Crippen LogP contribution in [0.2, 0.25) is 0 Å². The van der Waals surface area contributed by atoms with Crippen LogP contribution in [-0.4, -0.2) is 44.7 Å². The largest absolute Gasteiger partial charge is 0.465 e. The molecule has 0 saturated heterocycles. The fraction of sp³-hybridized carbons (Fsp3) is 0.316. The van der Waals surface area contributed by atoms with Crippen molar-refractivity contribution in [2.24, 2.45) is 0 Å². The highest BCUT2D eigenvalue weighted by Crippen LogP contribution is 2.48. The Morgan fingerprint density at radius 3 is 2.58 bits per heavy atom. The molecule has 1 atom stereocenters. The Hall–Kier alpha value is -1.98. The summed E-state index contributed by atoms with van der Waals surface area (Å²) in [6.45, 7) is 3.10. The standard InChI is InChI=1S/C19H22N2O2S/c1-13(20(2)3)12-21-15-7-5-6-8-17(15)24-18-11-14(19(22)23-4)9-10-16(18)21/h5-11,13H,12H2,1-4H3. The van der Waals surface area contributed by atoms with Crippen molar-refractivity contribution < 1.29 is 9.53 Å². The first-order chi connectivity index (χ1) is 11.5. The summed E-state index contributed by atoms with van der Waals surface area (Å²) in [7, 11) is 5.60. The summed E-state index contributed by atoms with van der Waals surface area (Å²) in [4.78, 5) is 18.7. The van der Waals surface area contributed by atoms with Gasteiger partial charge in [0, 0.05) is 22.4 Å². The second-order valence-corrected chi connectivity index (χ2v) is 7.25. The first kappa shape index (κ1) is 16.9. The number of hydrogen-bond donors (Lipinski definition) is 0. The number of para-hydroxylation sites is 1. The zero-order valence-electron chi connectivity index (χ0n) is 14.4. The molecule has 0 radical (unpaired) electrons. The Balaban J connectivity index is 2.04. The van der Waals surface area contributed by atoms with Gasteiger partial charge in [0.2, 0.25) is 0 Å². The predicted octanol–water partition coefficient (Wildman–Crippen LogP) is 4.03. The Morgan fingerprint density at radius 1 is 1.17 bits per heavy atom. The van der Waals surface area contributed by atoms with Crippen molar-refractivity contribution >= 4 is 29.1 Å². The maximum absolute atomic E-state index is 11.8. The molecule has 0 N–H and O–H groups in total. The Bertz CT molecular complexity index is 761. The van der Waals surface area contributed by atoms with E-state index >= 15 is 0 Å². The minimum atomic E-state index is -0.300. The lowest BCUT2D eigenvalue weighted by Gasteiger charge is -2.36. The molecular weight excluding hydrogens is 320 g/mol. The molecule has 0 spiro atoms. The van der Waals surface area contributed by atoms with Crippen molar-refractivity contribution in [1.29, 1.82) is 0 Å². The lowest BCUT2D eigenvalue weighted by atomic mass is 10.1. The van der Waals surface area contributed by atoms with Crippen LogP contribution < -0.4 is 4.90 Å². The van der Waals surface area contributed by atoms with Gasteiger partial charge in [0.15, 0.2) is 0 Å². The molecular formula is C19H22N2O2S. The highest BCUT2D eigenvalue weighted by Gasteiger charge is 2.25. The normalized spacial score (nSPS) is 14.1. The van der Waals surface area contributed by atoms with E-state index in [-0.39, 0.29) is 5.97 Å². The number of methoxy groups -OCH3 is 1. The fourth-order valence-corrected chi connectivity index (χ4v) is 3.84. The number of anilines is 2. The maximum atomic E-state index is 11.8. The molecule has 24 heavy (non-hydrogen) atoms. The molecule has 1 aliphatic heterocycles. The SMILES string of the molecule is COC(=O)c1ccc2c(c1)Sc1ccccc1N2CC(C)N(C)C. The van der Waals surface area contributed by atoms with Gasteiger partial charge in [-0.2, -0.15) is 0 Å². The minimum Gasteiger partial charge on any atom is -0.465 e. The van der Waals surface area contributed by atoms with Gasteiger partial charge in [-0.3, -0.25) is 0 Å². The van der Waals surface area contributed by atoms with Crippen molar-refractivity contribution in [3.05, 3.63) is 48.0 Å². The first-order valence-corrected chi connectivity index (χ1v) is 8.76. The Labute approximate surface area is 147 Å². The molecule has 0 saturated carbocycles. The molecule has 5 heteroatoms. The summed E-state index contributed by atoms with van der Waals surface area (Å²) in [5.74, 6) is -0.300. The van der Waals surface area contributed by atoms with E-state index < -0.39 is 0 Å². The molecule has 1 unspecified atom stereocenters. The molecule has 2 aromatic rings. The van der Waals surface area contributed by atoms with E-state index in [4.69, 9.17) is 4.74 Å². The molecule has 0 aliphatic carbocycles. The van der Waals surface area contributed by atoms with Gasteiger partial charge < -0.3 is 14.5 Å². The summed E-state index contributed by atoms with van der Waals surface area (Å²) in [6.07, 6.45) is 0. The number of carbonyl (C=O) groups excluding carboxylic acids is 1. The van der Waals surface area contributed by atoms with E-state index in [1.54, 1.807) is 11.8 Å². The van der Waals surface area contributed by atoms with E-state index in [0.717, 1.165) is 17.1 Å². The number of carbonyl (C=O) groups is 1. The smallest absolute Gasteiger partial charge is 0.337 e. The van der Waals surface area contributed by atoms with E-state index in [1.165, 1.54) is 17.7 Å². The summed E-state index contributed by atoms with van der Waals surface area (Å²) >= 11 is 1.70. The topological polar surface area (TPSA) is 32.8 Å². The van der Waals surface area contributed by atoms with Crippen LogP contribution in [0.5, 0.6) is 0 Å². The Morgan fingerprint density at radius 2 is 1.88 bits per heavy atom. The van der Waals surface area contributed by atoms with Crippen LogP contribution in [0.15, 0.2) is 52.3 Å². The summed E-state index contributed by atoms with van der Waals surface area (Å²) in [5, 5.41) is 0. The number of esters is 1. The van der Waals surface area contributed by atoms with Gasteiger partial charge >= 0.3 is 5.97 Å². The van der Waals surface area contributed by atoms with Gasteiger partial charge in [0.25, 0.3) is 0 Å². The molecule has 0 aromatic heterocycles. The maximum Gasteiger partial charge on any atom is 0.337 e. The molecule has 0 amide bonds. The summed E-state index contributed by atoms with van der Waals surface area (Å²) < 4.78 is 4.85. The van der Waals surface area contributed by atoms with Crippen LogP contribution in [0.1, 0.15) is 17.3 Å². The predicted molar refractivity (Wildman–Crippen MR) is 98.5 cm³/mol. The average molecular weight is 342 g/mol. The van der Waals surface area contributed by atoms with Gasteiger partial charge in [0.05, 0.1) is 24.0 Å². The zero-order chi connectivity index (χ0) is 17.3. The molecule has 126 valence electrons. The number of rotatable bonds is 4. The fourth-order valence-electron chi connectivity index (χ4n) is 2.70. The highest BCUT2D eigenvalue weighted by molar-refractivity contribution is 7.99. The second-order valence-electron chi connectivity index (χ2n) is 6.17.